The average Bonchev–Trinajstić information content (AvgIpc) is 2.06. The van der Waals surface area contributed by atoms with Gasteiger partial charge in [0.2, 0.25) is 0 Å². The molecule has 14 heavy (non-hydrogen) atoms. The van der Waals surface area contributed by atoms with Gasteiger partial charge < -0.3 is 10.6 Å². The second-order valence-corrected chi connectivity index (χ2v) is 3.30. The van der Waals surface area contributed by atoms with Gasteiger partial charge in [0.1, 0.15) is 0 Å². The third kappa shape index (κ3) is 3.01. The molecule has 4 heteroatoms. The van der Waals surface area contributed by atoms with Crippen molar-refractivity contribution >= 4 is 18.4 Å². The lowest BCUT2D eigenvalue weighted by Gasteiger charge is -2.18. The van der Waals surface area contributed by atoms with Gasteiger partial charge in [-0.2, -0.15) is 0 Å². The molecule has 0 radical (unpaired) electrons. The molecule has 0 unspecified atom stereocenters. The van der Waals surface area contributed by atoms with Gasteiger partial charge in [0, 0.05) is 0 Å². The summed E-state index contributed by atoms with van der Waals surface area (Å²) >= 11 is 0. The molecule has 3 N–H and O–H groups in total. The number of hydrogen-bond donors (Lipinski definition) is 1. The van der Waals surface area contributed by atoms with Gasteiger partial charge in [-0.1, -0.05) is 30.3 Å². The van der Waals surface area contributed by atoms with Crippen molar-refractivity contribution in [3.8, 4) is 0 Å². The van der Waals surface area contributed by atoms with Crippen LogP contribution in [0.15, 0.2) is 30.3 Å². The highest BCUT2D eigenvalue weighted by molar-refractivity contribution is 5.85. The van der Waals surface area contributed by atoms with Crippen LogP contribution >= 0.6 is 12.4 Å². The van der Waals surface area contributed by atoms with Gasteiger partial charge in [-0.3, -0.25) is 4.79 Å². The Morgan fingerprint density at radius 3 is 2.00 bits per heavy atom. The summed E-state index contributed by atoms with van der Waals surface area (Å²) in [6, 6.07) is 9.23. The third-order valence-electron chi connectivity index (χ3n) is 2.03. The van der Waals surface area contributed by atoms with Crippen LogP contribution in [-0.4, -0.2) is 16.6 Å². The van der Waals surface area contributed by atoms with Crippen LogP contribution in [0.4, 0.5) is 0 Å². The maximum Gasteiger partial charge on any atom is 0.313 e. The molecule has 0 fully saturated rings. The molecule has 0 aliphatic rings. The van der Waals surface area contributed by atoms with Crippen LogP contribution in [0, 0.1) is 0 Å². The Balaban J connectivity index is 0. The lowest BCUT2D eigenvalue weighted by atomic mass is 9.85. The van der Waals surface area contributed by atoms with Crippen LogP contribution in [0.25, 0.3) is 0 Å². The summed E-state index contributed by atoms with van der Waals surface area (Å²) in [5.41, 5.74) is 0.0406. The summed E-state index contributed by atoms with van der Waals surface area (Å²) < 4.78 is 0. The quantitative estimate of drug-likeness (QED) is 0.820. The maximum atomic E-state index is 10.8. The van der Waals surface area contributed by atoms with E-state index in [1.165, 1.54) is 0 Å². The van der Waals surface area contributed by atoms with E-state index in [1.54, 1.807) is 13.8 Å². The first-order chi connectivity index (χ1) is 5.55. The number of aliphatic carboxylic acids is 1. The number of carboxylic acid groups (broad SMARTS) is 1. The molecule has 0 heterocycles. The number of hydrogen-bond acceptors (Lipinski definition) is 1. The second kappa shape index (κ2) is 5.62. The smallest absolute Gasteiger partial charge is 0.313 e. The van der Waals surface area contributed by atoms with Crippen molar-refractivity contribution in [1.29, 1.82) is 0 Å². The number of benzene rings is 1. The van der Waals surface area contributed by atoms with E-state index in [2.05, 4.69) is 0 Å². The van der Waals surface area contributed by atoms with Gasteiger partial charge in [-0.25, -0.2) is 0 Å². The highest BCUT2D eigenvalue weighted by Crippen LogP contribution is 2.22. The van der Waals surface area contributed by atoms with Crippen LogP contribution in [0.3, 0.4) is 0 Å². The van der Waals surface area contributed by atoms with E-state index in [0.717, 1.165) is 5.56 Å². The normalized spacial score (nSPS) is 9.57. The number of rotatable bonds is 2. The van der Waals surface area contributed by atoms with Crippen LogP contribution in [0.5, 0.6) is 0 Å². The van der Waals surface area contributed by atoms with E-state index in [9.17, 15) is 4.79 Å². The van der Waals surface area contributed by atoms with E-state index in [-0.39, 0.29) is 17.9 Å². The molecule has 0 aromatic heterocycles. The van der Waals surface area contributed by atoms with Crippen molar-refractivity contribution in [2.45, 2.75) is 19.3 Å². The molecule has 0 spiro atoms. The van der Waals surface area contributed by atoms with Gasteiger partial charge in [-0.15, -0.1) is 12.4 Å². The van der Waals surface area contributed by atoms with Crippen LogP contribution in [0.2, 0.25) is 0 Å². The topological polar surface area (TPSA) is 68.8 Å². The van der Waals surface area contributed by atoms with Crippen molar-refractivity contribution < 1.29 is 15.4 Å². The molecule has 1 aromatic rings. The molecule has 0 atom stereocenters. The van der Waals surface area contributed by atoms with Crippen LogP contribution in [0.1, 0.15) is 19.4 Å². The minimum Gasteiger partial charge on any atom is -0.481 e. The lowest BCUT2D eigenvalue weighted by molar-refractivity contribution is -0.142. The fourth-order valence-corrected chi connectivity index (χ4v) is 0.978. The predicted molar refractivity (Wildman–Crippen MR) is 58.0 cm³/mol. The Kier molecular flexibility index (Phi) is 6.19. The van der Waals surface area contributed by atoms with Crippen molar-refractivity contribution in [2.24, 2.45) is 0 Å². The first-order valence-electron chi connectivity index (χ1n) is 3.84. The molecule has 0 saturated carbocycles. The molecule has 0 aliphatic carbocycles. The number of halogens is 1. The molecular weight excluding hydrogens is 204 g/mol. The zero-order valence-electron chi connectivity index (χ0n) is 8.15. The highest BCUT2D eigenvalue weighted by atomic mass is 35.5. The fraction of sp³-hybridized carbons (Fsp3) is 0.300. The van der Waals surface area contributed by atoms with Gasteiger partial charge in [0.25, 0.3) is 0 Å². The zero-order chi connectivity index (χ0) is 9.19. The van der Waals surface area contributed by atoms with E-state index in [0.29, 0.717) is 0 Å². The van der Waals surface area contributed by atoms with Gasteiger partial charge in [0.15, 0.2) is 0 Å². The standard InChI is InChI=1S/C10H12O2.ClH.H2O/c1-10(2,9(11)12)8-6-4-3-5-7-8;;/h3-7H,1-2H3,(H,11,12);1H;1H2. The molecule has 0 bridgehead atoms. The molecule has 80 valence electrons. The minimum absolute atomic E-state index is 0. The molecule has 1 aromatic carbocycles. The van der Waals surface area contributed by atoms with E-state index < -0.39 is 11.4 Å². The van der Waals surface area contributed by atoms with Crippen molar-refractivity contribution in [2.75, 3.05) is 0 Å². The van der Waals surface area contributed by atoms with Crippen LogP contribution < -0.4 is 0 Å². The summed E-state index contributed by atoms with van der Waals surface area (Å²) in [5.74, 6) is -0.797. The monoisotopic (exact) mass is 218 g/mol. The zero-order valence-corrected chi connectivity index (χ0v) is 8.97. The van der Waals surface area contributed by atoms with E-state index >= 15 is 0 Å². The Morgan fingerprint density at radius 2 is 1.64 bits per heavy atom. The number of carbonyl (C=O) groups is 1. The molecule has 0 saturated heterocycles. The minimum atomic E-state index is -0.797. The second-order valence-electron chi connectivity index (χ2n) is 3.30. The third-order valence-corrected chi connectivity index (χ3v) is 2.03. The molecule has 3 nitrogen and oxygen atoms in total. The average molecular weight is 219 g/mol. The highest BCUT2D eigenvalue weighted by Gasteiger charge is 2.28. The predicted octanol–water partition coefficient (Wildman–Crippen LogP) is 1.65. The maximum absolute atomic E-state index is 10.8. The SMILES string of the molecule is CC(C)(C(=O)O)c1ccccc1.Cl.O. The van der Waals surface area contributed by atoms with Gasteiger partial charge in [-0.05, 0) is 19.4 Å². The van der Waals surface area contributed by atoms with Gasteiger partial charge >= 0.3 is 5.97 Å². The Labute approximate surface area is 89.5 Å². The summed E-state index contributed by atoms with van der Waals surface area (Å²) in [6.07, 6.45) is 0. The van der Waals surface area contributed by atoms with E-state index in [4.69, 9.17) is 5.11 Å². The van der Waals surface area contributed by atoms with Crippen molar-refractivity contribution in [3.05, 3.63) is 35.9 Å². The van der Waals surface area contributed by atoms with Crippen molar-refractivity contribution in [1.82, 2.24) is 0 Å². The Hall–Kier alpha value is -1.06. The molecule has 0 aliphatic heterocycles. The molecule has 0 amide bonds. The van der Waals surface area contributed by atoms with Crippen LogP contribution in [-0.2, 0) is 10.2 Å². The van der Waals surface area contributed by atoms with E-state index in [1.807, 2.05) is 30.3 Å². The molecular formula is C10H15ClO3. The van der Waals surface area contributed by atoms with Crippen molar-refractivity contribution in [3.63, 3.8) is 0 Å². The van der Waals surface area contributed by atoms with Gasteiger partial charge in [0.05, 0.1) is 5.41 Å². The first kappa shape index (κ1) is 15.4. The summed E-state index contributed by atoms with van der Waals surface area (Å²) in [6.45, 7) is 3.40. The lowest BCUT2D eigenvalue weighted by Crippen LogP contribution is -2.28. The number of carboxylic acids is 1. The first-order valence-corrected chi connectivity index (χ1v) is 3.84. The fourth-order valence-electron chi connectivity index (χ4n) is 0.978. The molecule has 1 rings (SSSR count). The largest absolute Gasteiger partial charge is 0.481 e. The summed E-state index contributed by atoms with van der Waals surface area (Å²) in [5, 5.41) is 8.89. The Morgan fingerprint density at radius 1 is 1.21 bits per heavy atom. The summed E-state index contributed by atoms with van der Waals surface area (Å²) in [7, 11) is 0. The Bertz CT molecular complexity index is 283. The summed E-state index contributed by atoms with van der Waals surface area (Å²) in [4.78, 5) is 10.8.